The second kappa shape index (κ2) is 6.51. The lowest BCUT2D eigenvalue weighted by Gasteiger charge is -2.04. The molecular formula is C15H15N3O3. The molecule has 0 fully saturated rings. The van der Waals surface area contributed by atoms with Crippen LogP contribution in [0.1, 0.15) is 6.92 Å². The molecule has 2 N–H and O–H groups in total. The van der Waals surface area contributed by atoms with E-state index in [4.69, 9.17) is 4.74 Å². The van der Waals surface area contributed by atoms with Gasteiger partial charge in [-0.15, -0.1) is 5.11 Å². The molecule has 2 aromatic rings. The van der Waals surface area contributed by atoms with E-state index in [-0.39, 0.29) is 17.3 Å². The Kier molecular flexibility index (Phi) is 4.50. The molecule has 0 aliphatic rings. The molecule has 2 aromatic carbocycles. The van der Waals surface area contributed by atoms with Gasteiger partial charge in [-0.25, -0.2) is 0 Å². The van der Waals surface area contributed by atoms with Gasteiger partial charge in [-0.2, -0.15) is 5.11 Å². The third kappa shape index (κ3) is 4.04. The normalized spacial score (nSPS) is 10.6. The summed E-state index contributed by atoms with van der Waals surface area (Å²) in [5.41, 5.74) is 1.45. The molecule has 0 atom stereocenters. The molecule has 0 radical (unpaired) electrons. The van der Waals surface area contributed by atoms with Crippen molar-refractivity contribution >= 4 is 23.0 Å². The van der Waals surface area contributed by atoms with E-state index >= 15 is 0 Å². The lowest BCUT2D eigenvalue weighted by atomic mass is 10.2. The van der Waals surface area contributed by atoms with Gasteiger partial charge in [-0.3, -0.25) is 4.79 Å². The van der Waals surface area contributed by atoms with Crippen LogP contribution in [0.15, 0.2) is 52.7 Å². The third-order valence-corrected chi connectivity index (χ3v) is 2.64. The van der Waals surface area contributed by atoms with Crippen LogP contribution < -0.4 is 10.1 Å². The minimum Gasteiger partial charge on any atom is -0.506 e. The number of rotatable bonds is 4. The molecule has 0 aliphatic heterocycles. The van der Waals surface area contributed by atoms with Crippen LogP contribution in [-0.2, 0) is 4.79 Å². The number of phenols is 1. The fourth-order valence-electron chi connectivity index (χ4n) is 1.65. The number of azo groups is 1. The molecule has 0 unspecified atom stereocenters. The highest BCUT2D eigenvalue weighted by Crippen LogP contribution is 2.31. The first-order valence-corrected chi connectivity index (χ1v) is 6.25. The van der Waals surface area contributed by atoms with Crippen molar-refractivity contribution in [3.8, 4) is 11.5 Å². The van der Waals surface area contributed by atoms with E-state index in [1.807, 2.05) is 0 Å². The molecule has 0 aromatic heterocycles. The van der Waals surface area contributed by atoms with Crippen LogP contribution >= 0.6 is 0 Å². The number of amides is 1. The van der Waals surface area contributed by atoms with E-state index in [0.717, 1.165) is 5.75 Å². The zero-order chi connectivity index (χ0) is 15.2. The molecule has 0 heterocycles. The first-order valence-electron chi connectivity index (χ1n) is 6.25. The van der Waals surface area contributed by atoms with Gasteiger partial charge in [-0.05, 0) is 42.5 Å². The van der Waals surface area contributed by atoms with Crippen molar-refractivity contribution < 1.29 is 14.6 Å². The predicted molar refractivity (Wildman–Crippen MR) is 79.6 cm³/mol. The van der Waals surface area contributed by atoms with Gasteiger partial charge in [0, 0.05) is 12.6 Å². The van der Waals surface area contributed by atoms with Crippen molar-refractivity contribution in [2.45, 2.75) is 6.92 Å². The van der Waals surface area contributed by atoms with Crippen molar-refractivity contribution in [2.24, 2.45) is 10.2 Å². The molecule has 108 valence electrons. The summed E-state index contributed by atoms with van der Waals surface area (Å²) in [4.78, 5) is 11.0. The first-order chi connectivity index (χ1) is 10.1. The zero-order valence-electron chi connectivity index (χ0n) is 11.7. The van der Waals surface area contributed by atoms with Crippen LogP contribution in [0.2, 0.25) is 0 Å². The summed E-state index contributed by atoms with van der Waals surface area (Å²) < 4.78 is 5.05. The van der Waals surface area contributed by atoms with Gasteiger partial charge in [0.15, 0.2) is 0 Å². The van der Waals surface area contributed by atoms with E-state index in [0.29, 0.717) is 11.4 Å². The average molecular weight is 285 g/mol. The number of anilines is 1. The summed E-state index contributed by atoms with van der Waals surface area (Å²) in [5, 5.41) is 20.4. The lowest BCUT2D eigenvalue weighted by Crippen LogP contribution is -2.05. The number of carbonyl (C=O) groups is 1. The number of nitrogens with zero attached hydrogens (tertiary/aromatic N) is 2. The Morgan fingerprint density at radius 1 is 1.14 bits per heavy atom. The standard InChI is InChI=1S/C15H15N3O3/c1-10(19)16-12-5-8-15(20)14(9-12)18-17-11-3-6-13(21-2)7-4-11/h3-9,20H,1-2H3,(H,16,19). The van der Waals surface area contributed by atoms with Crippen molar-refractivity contribution in [2.75, 3.05) is 12.4 Å². The van der Waals surface area contributed by atoms with E-state index < -0.39 is 0 Å². The summed E-state index contributed by atoms with van der Waals surface area (Å²) in [6, 6.07) is 11.6. The lowest BCUT2D eigenvalue weighted by molar-refractivity contribution is -0.114. The van der Waals surface area contributed by atoms with Crippen LogP contribution in [0.4, 0.5) is 17.1 Å². The van der Waals surface area contributed by atoms with Gasteiger partial charge in [0.1, 0.15) is 17.2 Å². The average Bonchev–Trinajstić information content (AvgIpc) is 2.48. The maximum Gasteiger partial charge on any atom is 0.221 e. The van der Waals surface area contributed by atoms with Gasteiger partial charge < -0.3 is 15.2 Å². The second-order valence-electron chi connectivity index (χ2n) is 4.28. The van der Waals surface area contributed by atoms with Gasteiger partial charge in [0.25, 0.3) is 0 Å². The smallest absolute Gasteiger partial charge is 0.221 e. The van der Waals surface area contributed by atoms with Crippen molar-refractivity contribution in [1.29, 1.82) is 0 Å². The van der Waals surface area contributed by atoms with Crippen LogP contribution in [0.25, 0.3) is 0 Å². The van der Waals surface area contributed by atoms with Crippen LogP contribution in [0.3, 0.4) is 0 Å². The van der Waals surface area contributed by atoms with Gasteiger partial charge in [-0.1, -0.05) is 0 Å². The molecule has 0 saturated carbocycles. The molecule has 1 amide bonds. The largest absolute Gasteiger partial charge is 0.506 e. The highest BCUT2D eigenvalue weighted by atomic mass is 16.5. The Balaban J connectivity index is 2.20. The number of aromatic hydroxyl groups is 1. The minimum absolute atomic E-state index is 0.0126. The number of phenolic OH excluding ortho intramolecular Hbond substituents is 1. The van der Waals surface area contributed by atoms with Crippen molar-refractivity contribution in [3.63, 3.8) is 0 Å². The fourth-order valence-corrected chi connectivity index (χ4v) is 1.65. The quantitative estimate of drug-likeness (QED) is 0.662. The minimum atomic E-state index is -0.196. The van der Waals surface area contributed by atoms with Crippen molar-refractivity contribution in [1.82, 2.24) is 0 Å². The molecule has 2 rings (SSSR count). The number of carbonyl (C=O) groups excluding carboxylic acids is 1. The zero-order valence-corrected chi connectivity index (χ0v) is 11.7. The molecule has 0 bridgehead atoms. The van der Waals surface area contributed by atoms with E-state index in [1.165, 1.54) is 13.0 Å². The number of nitrogens with one attached hydrogen (secondary N) is 1. The maximum absolute atomic E-state index is 11.0. The van der Waals surface area contributed by atoms with Gasteiger partial charge >= 0.3 is 0 Å². The first kappa shape index (κ1) is 14.5. The second-order valence-corrected chi connectivity index (χ2v) is 4.28. The third-order valence-electron chi connectivity index (χ3n) is 2.64. The molecule has 0 saturated heterocycles. The summed E-state index contributed by atoms with van der Waals surface area (Å²) in [6.07, 6.45) is 0. The SMILES string of the molecule is COc1ccc(N=Nc2cc(NC(C)=O)ccc2O)cc1. The summed E-state index contributed by atoms with van der Waals surface area (Å²) in [5.74, 6) is 0.518. The Morgan fingerprint density at radius 3 is 2.48 bits per heavy atom. The maximum atomic E-state index is 11.0. The summed E-state index contributed by atoms with van der Waals surface area (Å²) in [7, 11) is 1.59. The predicted octanol–water partition coefficient (Wildman–Crippen LogP) is 3.77. The summed E-state index contributed by atoms with van der Waals surface area (Å²) >= 11 is 0. The fraction of sp³-hybridized carbons (Fsp3) is 0.133. The molecule has 6 heteroatoms. The van der Waals surface area contributed by atoms with Crippen LogP contribution in [-0.4, -0.2) is 18.1 Å². The van der Waals surface area contributed by atoms with E-state index in [2.05, 4.69) is 15.5 Å². The highest BCUT2D eigenvalue weighted by molar-refractivity contribution is 5.89. The molecule has 0 spiro atoms. The summed E-state index contributed by atoms with van der Waals surface area (Å²) in [6.45, 7) is 1.41. The van der Waals surface area contributed by atoms with E-state index in [1.54, 1.807) is 43.5 Å². The van der Waals surface area contributed by atoms with Crippen molar-refractivity contribution in [3.05, 3.63) is 42.5 Å². The van der Waals surface area contributed by atoms with Gasteiger partial charge in [0.05, 0.1) is 12.8 Å². The number of hydrogen-bond donors (Lipinski definition) is 2. The van der Waals surface area contributed by atoms with Crippen LogP contribution in [0, 0.1) is 0 Å². The molecule has 21 heavy (non-hydrogen) atoms. The Hall–Kier alpha value is -2.89. The van der Waals surface area contributed by atoms with Crippen LogP contribution in [0.5, 0.6) is 11.5 Å². The number of benzene rings is 2. The number of ether oxygens (including phenoxy) is 1. The topological polar surface area (TPSA) is 83.3 Å². The van der Waals surface area contributed by atoms with Gasteiger partial charge in [0.2, 0.25) is 5.91 Å². The number of methoxy groups -OCH3 is 1. The Morgan fingerprint density at radius 2 is 1.86 bits per heavy atom. The Labute approximate surface area is 122 Å². The Bertz CT molecular complexity index is 666. The highest BCUT2D eigenvalue weighted by Gasteiger charge is 2.03. The monoisotopic (exact) mass is 285 g/mol. The number of hydrogen-bond acceptors (Lipinski definition) is 5. The molecule has 6 nitrogen and oxygen atoms in total. The molecule has 0 aliphatic carbocycles. The van der Waals surface area contributed by atoms with E-state index in [9.17, 15) is 9.90 Å². The molecular weight excluding hydrogens is 270 g/mol.